The second-order valence-corrected chi connectivity index (χ2v) is 7.21. The maximum absolute atomic E-state index is 12.5. The molecule has 1 heterocycles. The molecule has 3 aromatic carbocycles. The van der Waals surface area contributed by atoms with Gasteiger partial charge in [-0.2, -0.15) is 0 Å². The highest BCUT2D eigenvalue weighted by molar-refractivity contribution is 6.33. The Kier molecular flexibility index (Phi) is 4.99. The highest BCUT2D eigenvalue weighted by Crippen LogP contribution is 2.33. The van der Waals surface area contributed by atoms with Crippen LogP contribution >= 0.6 is 11.6 Å². The number of aryl methyl sites for hydroxylation is 2. The smallest absolute Gasteiger partial charge is 0.255 e. The molecule has 1 aromatic heterocycles. The Morgan fingerprint density at radius 2 is 1.76 bits per heavy atom. The molecule has 0 aliphatic carbocycles. The number of anilines is 1. The van der Waals surface area contributed by atoms with Crippen LogP contribution in [0.15, 0.2) is 59.0 Å². The number of benzene rings is 3. The van der Waals surface area contributed by atoms with E-state index in [-0.39, 0.29) is 5.91 Å². The molecule has 0 radical (unpaired) electrons. The Bertz CT molecular complexity index is 1170. The highest BCUT2D eigenvalue weighted by Gasteiger charge is 2.15. The van der Waals surface area contributed by atoms with Crippen molar-refractivity contribution in [3.8, 4) is 17.2 Å². The third-order valence-corrected chi connectivity index (χ3v) is 5.14. The van der Waals surface area contributed by atoms with Crippen molar-refractivity contribution in [1.29, 1.82) is 0 Å². The van der Waals surface area contributed by atoms with Crippen LogP contribution < -0.4 is 10.1 Å². The number of rotatable bonds is 4. The van der Waals surface area contributed by atoms with Gasteiger partial charge < -0.3 is 14.5 Å². The summed E-state index contributed by atoms with van der Waals surface area (Å²) in [6.07, 6.45) is 0. The van der Waals surface area contributed by atoms with Crippen molar-refractivity contribution in [3.05, 3.63) is 76.3 Å². The Hall–Kier alpha value is -3.31. The van der Waals surface area contributed by atoms with E-state index in [1.165, 1.54) is 0 Å². The molecule has 29 heavy (non-hydrogen) atoms. The molecule has 4 rings (SSSR count). The number of ether oxygens (including phenoxy) is 1. The van der Waals surface area contributed by atoms with Gasteiger partial charge in [-0.05, 0) is 79.6 Å². The minimum atomic E-state index is -0.232. The molecule has 1 amide bonds. The first-order chi connectivity index (χ1) is 13.9. The van der Waals surface area contributed by atoms with Crippen LogP contribution in [0.3, 0.4) is 0 Å². The molecular weight excluding hydrogens is 388 g/mol. The molecule has 6 heteroatoms. The first-order valence-corrected chi connectivity index (χ1v) is 9.45. The number of amides is 1. The van der Waals surface area contributed by atoms with Crippen molar-refractivity contribution in [1.82, 2.24) is 4.98 Å². The zero-order valence-corrected chi connectivity index (χ0v) is 17.0. The largest absolute Gasteiger partial charge is 0.497 e. The number of nitrogens with zero attached hydrogens (tertiary/aromatic N) is 1. The number of halogens is 1. The van der Waals surface area contributed by atoms with Crippen LogP contribution in [0.4, 0.5) is 5.69 Å². The van der Waals surface area contributed by atoms with Crippen LogP contribution in [0.1, 0.15) is 21.5 Å². The molecule has 0 aliphatic heterocycles. The van der Waals surface area contributed by atoms with Gasteiger partial charge in [0, 0.05) is 11.3 Å². The third-order valence-electron chi connectivity index (χ3n) is 4.81. The van der Waals surface area contributed by atoms with Gasteiger partial charge in [-0.25, -0.2) is 4.98 Å². The molecular formula is C23H19ClN2O3. The van der Waals surface area contributed by atoms with Gasteiger partial charge in [0.1, 0.15) is 11.3 Å². The molecule has 0 saturated carbocycles. The maximum atomic E-state index is 12.5. The van der Waals surface area contributed by atoms with Crippen molar-refractivity contribution in [2.24, 2.45) is 0 Å². The Morgan fingerprint density at radius 3 is 2.48 bits per heavy atom. The van der Waals surface area contributed by atoms with E-state index in [9.17, 15) is 4.79 Å². The molecule has 0 saturated heterocycles. The number of hydrogen-bond donors (Lipinski definition) is 1. The van der Waals surface area contributed by atoms with Gasteiger partial charge in [-0.1, -0.05) is 11.6 Å². The van der Waals surface area contributed by atoms with Gasteiger partial charge >= 0.3 is 0 Å². The molecule has 0 fully saturated rings. The van der Waals surface area contributed by atoms with Gasteiger partial charge in [0.2, 0.25) is 5.89 Å². The summed E-state index contributed by atoms with van der Waals surface area (Å²) in [5, 5.41) is 3.37. The highest BCUT2D eigenvalue weighted by atomic mass is 35.5. The SMILES string of the molecule is COc1ccc(C(=O)Nc2ccc(Cl)c(-c3nc4cc(C)c(C)cc4o3)c2)cc1. The molecule has 0 unspecified atom stereocenters. The lowest BCUT2D eigenvalue weighted by molar-refractivity contribution is 0.102. The number of aromatic nitrogens is 1. The number of carbonyl (C=O) groups is 1. The Labute approximate surface area is 173 Å². The monoisotopic (exact) mass is 406 g/mol. The quantitative estimate of drug-likeness (QED) is 0.449. The minimum Gasteiger partial charge on any atom is -0.497 e. The summed E-state index contributed by atoms with van der Waals surface area (Å²) in [5.74, 6) is 0.872. The van der Waals surface area contributed by atoms with Gasteiger partial charge in [0.25, 0.3) is 5.91 Å². The molecule has 146 valence electrons. The zero-order valence-electron chi connectivity index (χ0n) is 16.2. The fourth-order valence-electron chi connectivity index (χ4n) is 3.01. The minimum absolute atomic E-state index is 0.232. The van der Waals surface area contributed by atoms with Gasteiger partial charge in [-0.15, -0.1) is 0 Å². The summed E-state index contributed by atoms with van der Waals surface area (Å²) < 4.78 is 11.0. The summed E-state index contributed by atoms with van der Waals surface area (Å²) in [6.45, 7) is 4.06. The van der Waals surface area contributed by atoms with Crippen molar-refractivity contribution >= 4 is 34.3 Å². The predicted octanol–water partition coefficient (Wildman–Crippen LogP) is 6.03. The summed E-state index contributed by atoms with van der Waals surface area (Å²) in [4.78, 5) is 17.1. The number of methoxy groups -OCH3 is 1. The summed E-state index contributed by atoms with van der Waals surface area (Å²) >= 11 is 6.38. The van der Waals surface area contributed by atoms with Crippen molar-refractivity contribution < 1.29 is 13.9 Å². The molecule has 0 bridgehead atoms. The van der Waals surface area contributed by atoms with Crippen LogP contribution in [0.2, 0.25) is 5.02 Å². The molecule has 0 aliphatic rings. The summed E-state index contributed by atoms with van der Waals surface area (Å²) in [6, 6.07) is 16.1. The molecule has 0 spiro atoms. The van der Waals surface area contributed by atoms with Crippen LogP contribution in [-0.2, 0) is 0 Å². The number of carbonyl (C=O) groups excluding carboxylic acids is 1. The van der Waals surface area contributed by atoms with E-state index in [2.05, 4.69) is 10.3 Å². The maximum Gasteiger partial charge on any atom is 0.255 e. The molecule has 0 atom stereocenters. The lowest BCUT2D eigenvalue weighted by Gasteiger charge is -2.08. The zero-order chi connectivity index (χ0) is 20.5. The number of fused-ring (bicyclic) bond motifs is 1. The van der Waals surface area contributed by atoms with Gasteiger partial charge in [0.15, 0.2) is 5.58 Å². The lowest BCUT2D eigenvalue weighted by Crippen LogP contribution is -2.11. The van der Waals surface area contributed by atoms with E-state index in [0.29, 0.717) is 39.1 Å². The Balaban J connectivity index is 1.64. The normalized spacial score (nSPS) is 10.9. The van der Waals surface area contributed by atoms with Crippen molar-refractivity contribution in [2.75, 3.05) is 12.4 Å². The predicted molar refractivity (Wildman–Crippen MR) is 115 cm³/mol. The van der Waals surface area contributed by atoms with E-state index in [1.807, 2.05) is 26.0 Å². The van der Waals surface area contributed by atoms with E-state index in [4.69, 9.17) is 20.8 Å². The average molecular weight is 407 g/mol. The number of nitrogens with one attached hydrogen (secondary N) is 1. The summed E-state index contributed by atoms with van der Waals surface area (Å²) in [7, 11) is 1.58. The Morgan fingerprint density at radius 1 is 1.03 bits per heavy atom. The van der Waals surface area contributed by atoms with E-state index >= 15 is 0 Å². The first kappa shape index (κ1) is 19.0. The molecule has 4 aromatic rings. The number of oxazole rings is 1. The van der Waals surface area contributed by atoms with Crippen LogP contribution in [0.25, 0.3) is 22.6 Å². The van der Waals surface area contributed by atoms with E-state index in [0.717, 1.165) is 16.6 Å². The molecule has 1 N–H and O–H groups in total. The topological polar surface area (TPSA) is 64.4 Å². The fraction of sp³-hybridized carbons (Fsp3) is 0.130. The van der Waals surface area contributed by atoms with Gasteiger partial charge in [0.05, 0.1) is 17.7 Å². The average Bonchev–Trinajstić information content (AvgIpc) is 3.12. The molecule has 5 nitrogen and oxygen atoms in total. The van der Waals surface area contributed by atoms with Crippen molar-refractivity contribution in [2.45, 2.75) is 13.8 Å². The van der Waals surface area contributed by atoms with E-state index < -0.39 is 0 Å². The van der Waals surface area contributed by atoms with Gasteiger partial charge in [-0.3, -0.25) is 4.79 Å². The summed E-state index contributed by atoms with van der Waals surface area (Å²) in [5.41, 5.74) is 5.48. The van der Waals surface area contributed by atoms with E-state index in [1.54, 1.807) is 49.6 Å². The lowest BCUT2D eigenvalue weighted by atomic mass is 10.1. The number of hydrogen-bond acceptors (Lipinski definition) is 4. The van der Waals surface area contributed by atoms with Crippen LogP contribution in [-0.4, -0.2) is 18.0 Å². The second kappa shape index (κ2) is 7.60. The first-order valence-electron chi connectivity index (χ1n) is 9.08. The third kappa shape index (κ3) is 3.82. The van der Waals surface area contributed by atoms with Crippen LogP contribution in [0, 0.1) is 13.8 Å². The fourth-order valence-corrected chi connectivity index (χ4v) is 3.21. The second-order valence-electron chi connectivity index (χ2n) is 6.80. The van der Waals surface area contributed by atoms with Crippen LogP contribution in [0.5, 0.6) is 5.75 Å². The standard InChI is InChI=1S/C23H19ClN2O3/c1-13-10-20-21(11-14(13)2)29-23(26-20)18-12-16(6-9-19(18)24)25-22(27)15-4-7-17(28-3)8-5-15/h4-12H,1-3H3,(H,25,27). The van der Waals surface area contributed by atoms with Crippen molar-refractivity contribution in [3.63, 3.8) is 0 Å².